The predicted octanol–water partition coefficient (Wildman–Crippen LogP) is 3.91. The molecule has 0 unspecified atom stereocenters. The number of aromatic nitrogens is 3. The fourth-order valence-corrected chi connectivity index (χ4v) is 3.58. The second kappa shape index (κ2) is 9.70. The standard InChI is InChI=1S/C25H25N3O5/c1-15-9-18(10-16(2)23(15)29)24-27-20-11-19(12-21(31-3)22(20)25(30)28-24)33-8-7-32-14-17-5-4-6-26-13-17/h4-6,9-13,29H,7-8,14H2,1-3H3,(H,27,28,30). The van der Waals surface area contributed by atoms with E-state index in [9.17, 15) is 9.90 Å². The average molecular weight is 447 g/mol. The summed E-state index contributed by atoms with van der Waals surface area (Å²) in [4.78, 5) is 24.4. The van der Waals surface area contributed by atoms with Crippen LogP contribution in [0.2, 0.25) is 0 Å². The van der Waals surface area contributed by atoms with E-state index in [1.807, 2.05) is 12.1 Å². The maximum Gasteiger partial charge on any atom is 0.262 e. The molecule has 0 saturated heterocycles. The van der Waals surface area contributed by atoms with Crippen molar-refractivity contribution >= 4 is 10.9 Å². The average Bonchev–Trinajstić information content (AvgIpc) is 2.81. The summed E-state index contributed by atoms with van der Waals surface area (Å²) in [5.41, 5.74) is 3.23. The lowest BCUT2D eigenvalue weighted by atomic mass is 10.0. The first-order valence-corrected chi connectivity index (χ1v) is 10.5. The number of H-pyrrole nitrogens is 1. The van der Waals surface area contributed by atoms with Gasteiger partial charge in [-0.2, -0.15) is 0 Å². The van der Waals surface area contributed by atoms with E-state index in [1.54, 1.807) is 50.5 Å². The number of phenolic OH excluding ortho intramolecular Hbond substituents is 1. The first-order chi connectivity index (χ1) is 16.0. The van der Waals surface area contributed by atoms with E-state index in [0.29, 0.717) is 64.7 Å². The number of aromatic amines is 1. The van der Waals surface area contributed by atoms with Crippen molar-refractivity contribution < 1.29 is 19.3 Å². The molecule has 2 aromatic heterocycles. The highest BCUT2D eigenvalue weighted by atomic mass is 16.5. The van der Waals surface area contributed by atoms with Gasteiger partial charge in [-0.3, -0.25) is 9.78 Å². The van der Waals surface area contributed by atoms with Crippen molar-refractivity contribution in [3.63, 3.8) is 0 Å². The molecule has 0 aliphatic rings. The Morgan fingerprint density at radius 1 is 1.09 bits per heavy atom. The van der Waals surface area contributed by atoms with Gasteiger partial charge in [0.25, 0.3) is 5.56 Å². The Hall–Kier alpha value is -3.91. The van der Waals surface area contributed by atoms with Crippen LogP contribution in [0, 0.1) is 13.8 Å². The van der Waals surface area contributed by atoms with Gasteiger partial charge in [0.05, 0.1) is 25.8 Å². The number of nitrogens with zero attached hydrogens (tertiary/aromatic N) is 2. The third-order valence-corrected chi connectivity index (χ3v) is 5.22. The first kappa shape index (κ1) is 22.3. The van der Waals surface area contributed by atoms with E-state index >= 15 is 0 Å². The second-order valence-electron chi connectivity index (χ2n) is 7.66. The molecule has 0 bridgehead atoms. The van der Waals surface area contributed by atoms with E-state index in [0.717, 1.165) is 5.56 Å². The van der Waals surface area contributed by atoms with E-state index < -0.39 is 0 Å². The van der Waals surface area contributed by atoms with Crippen molar-refractivity contribution in [2.24, 2.45) is 0 Å². The smallest absolute Gasteiger partial charge is 0.262 e. The molecule has 0 spiro atoms. The number of fused-ring (bicyclic) bond motifs is 1. The minimum absolute atomic E-state index is 0.227. The largest absolute Gasteiger partial charge is 0.507 e. The van der Waals surface area contributed by atoms with Gasteiger partial charge in [-0.25, -0.2) is 4.98 Å². The van der Waals surface area contributed by atoms with Gasteiger partial charge in [0.1, 0.15) is 35.1 Å². The summed E-state index contributed by atoms with van der Waals surface area (Å²) in [6.45, 7) is 4.76. The maximum atomic E-state index is 12.8. The van der Waals surface area contributed by atoms with Crippen LogP contribution >= 0.6 is 0 Å². The minimum Gasteiger partial charge on any atom is -0.507 e. The molecule has 4 rings (SSSR count). The monoisotopic (exact) mass is 447 g/mol. The van der Waals surface area contributed by atoms with Crippen LogP contribution in [0.25, 0.3) is 22.3 Å². The van der Waals surface area contributed by atoms with E-state index in [4.69, 9.17) is 14.2 Å². The van der Waals surface area contributed by atoms with E-state index in [1.165, 1.54) is 7.11 Å². The highest BCUT2D eigenvalue weighted by Crippen LogP contribution is 2.31. The normalized spacial score (nSPS) is 11.0. The quantitative estimate of drug-likeness (QED) is 0.394. The third-order valence-electron chi connectivity index (χ3n) is 5.22. The van der Waals surface area contributed by atoms with Crippen molar-refractivity contribution in [3.8, 4) is 28.6 Å². The fourth-order valence-electron chi connectivity index (χ4n) is 3.58. The molecular formula is C25H25N3O5. The molecule has 4 aromatic rings. The lowest BCUT2D eigenvalue weighted by Crippen LogP contribution is -2.12. The number of phenols is 1. The summed E-state index contributed by atoms with van der Waals surface area (Å²) in [5.74, 6) is 1.52. The number of hydrogen-bond donors (Lipinski definition) is 2. The van der Waals surface area contributed by atoms with Gasteiger partial charge in [-0.15, -0.1) is 0 Å². The maximum absolute atomic E-state index is 12.8. The summed E-state index contributed by atoms with van der Waals surface area (Å²) < 4.78 is 16.9. The summed E-state index contributed by atoms with van der Waals surface area (Å²) in [6, 6.07) is 10.7. The lowest BCUT2D eigenvalue weighted by Gasteiger charge is -2.12. The van der Waals surface area contributed by atoms with Crippen LogP contribution in [0.5, 0.6) is 17.2 Å². The molecule has 2 heterocycles. The Morgan fingerprint density at radius 2 is 1.88 bits per heavy atom. The van der Waals surface area contributed by atoms with Crippen LogP contribution < -0.4 is 15.0 Å². The zero-order valence-corrected chi connectivity index (χ0v) is 18.7. The topological polar surface area (TPSA) is 107 Å². The Bertz CT molecular complexity index is 1310. The molecule has 0 saturated carbocycles. The number of rotatable bonds is 8. The number of hydrogen-bond acceptors (Lipinski definition) is 7. The summed E-state index contributed by atoms with van der Waals surface area (Å²) in [7, 11) is 1.50. The molecule has 170 valence electrons. The molecule has 0 radical (unpaired) electrons. The molecule has 0 aliphatic heterocycles. The van der Waals surface area contributed by atoms with Crippen molar-refractivity contribution in [1.29, 1.82) is 0 Å². The van der Waals surface area contributed by atoms with Crippen LogP contribution in [0.1, 0.15) is 16.7 Å². The summed E-state index contributed by atoms with van der Waals surface area (Å²) in [6.07, 6.45) is 3.47. The SMILES string of the molecule is COc1cc(OCCOCc2cccnc2)cc2nc(-c3cc(C)c(O)c(C)c3)[nH]c(=O)c12. The van der Waals surface area contributed by atoms with E-state index in [-0.39, 0.29) is 11.3 Å². The van der Waals surface area contributed by atoms with Gasteiger partial charge >= 0.3 is 0 Å². The Labute approximate surface area is 190 Å². The number of pyridine rings is 1. The van der Waals surface area contributed by atoms with E-state index in [2.05, 4.69) is 15.0 Å². The number of benzene rings is 2. The predicted molar refractivity (Wildman–Crippen MR) is 125 cm³/mol. The van der Waals surface area contributed by atoms with Crippen molar-refractivity contribution in [1.82, 2.24) is 15.0 Å². The zero-order chi connectivity index (χ0) is 23.4. The first-order valence-electron chi connectivity index (χ1n) is 10.5. The van der Waals surface area contributed by atoms with Crippen molar-refractivity contribution in [3.05, 3.63) is 75.8 Å². The van der Waals surface area contributed by atoms with Gasteiger partial charge in [0.2, 0.25) is 0 Å². The second-order valence-corrected chi connectivity index (χ2v) is 7.66. The molecule has 8 heteroatoms. The van der Waals surface area contributed by atoms with Gasteiger partial charge in [0.15, 0.2) is 0 Å². The van der Waals surface area contributed by atoms with Crippen LogP contribution in [0.4, 0.5) is 0 Å². The molecule has 2 aromatic carbocycles. The fraction of sp³-hybridized carbons (Fsp3) is 0.240. The molecular weight excluding hydrogens is 422 g/mol. The van der Waals surface area contributed by atoms with Gasteiger partial charge < -0.3 is 24.3 Å². The number of aryl methyl sites for hydroxylation is 2. The molecule has 33 heavy (non-hydrogen) atoms. The lowest BCUT2D eigenvalue weighted by molar-refractivity contribution is 0.0887. The van der Waals surface area contributed by atoms with Crippen LogP contribution in [0.3, 0.4) is 0 Å². The number of methoxy groups -OCH3 is 1. The van der Waals surface area contributed by atoms with Gasteiger partial charge in [-0.05, 0) is 48.7 Å². The van der Waals surface area contributed by atoms with Crippen LogP contribution in [0.15, 0.2) is 53.6 Å². The molecule has 2 N–H and O–H groups in total. The molecule has 8 nitrogen and oxygen atoms in total. The Balaban J connectivity index is 1.56. The third kappa shape index (κ3) is 4.96. The Morgan fingerprint density at radius 3 is 2.58 bits per heavy atom. The molecule has 0 fully saturated rings. The molecule has 0 aliphatic carbocycles. The highest BCUT2D eigenvalue weighted by Gasteiger charge is 2.14. The van der Waals surface area contributed by atoms with Gasteiger partial charge in [0, 0.05) is 30.1 Å². The summed E-state index contributed by atoms with van der Waals surface area (Å²) in [5, 5.41) is 10.4. The zero-order valence-electron chi connectivity index (χ0n) is 18.7. The molecule has 0 amide bonds. The minimum atomic E-state index is -0.318. The van der Waals surface area contributed by atoms with Gasteiger partial charge in [-0.1, -0.05) is 6.07 Å². The van der Waals surface area contributed by atoms with Crippen LogP contribution in [-0.2, 0) is 11.3 Å². The number of nitrogens with one attached hydrogen (secondary N) is 1. The molecule has 0 atom stereocenters. The summed E-state index contributed by atoms with van der Waals surface area (Å²) >= 11 is 0. The van der Waals surface area contributed by atoms with Crippen LogP contribution in [-0.4, -0.2) is 40.4 Å². The van der Waals surface area contributed by atoms with Crippen molar-refractivity contribution in [2.45, 2.75) is 20.5 Å². The highest BCUT2D eigenvalue weighted by molar-refractivity contribution is 5.87. The number of ether oxygens (including phenoxy) is 3. The van der Waals surface area contributed by atoms with Crippen molar-refractivity contribution in [2.75, 3.05) is 20.3 Å². The number of aromatic hydroxyl groups is 1. The Kier molecular flexibility index (Phi) is 6.55.